The number of benzene rings is 5. The van der Waals surface area contributed by atoms with E-state index in [2.05, 4.69) is 4.18 Å². The molecule has 7 rings (SSSR count). The van der Waals surface area contributed by atoms with Gasteiger partial charge in [-0.3, -0.25) is 9.59 Å². The van der Waals surface area contributed by atoms with Crippen LogP contribution in [0.3, 0.4) is 0 Å². The van der Waals surface area contributed by atoms with Crippen LogP contribution < -0.4 is 13.8 Å². The van der Waals surface area contributed by atoms with Gasteiger partial charge in [0, 0.05) is 18.2 Å². The van der Waals surface area contributed by atoms with Crippen molar-refractivity contribution in [3.05, 3.63) is 149 Å². The van der Waals surface area contributed by atoms with Gasteiger partial charge < -0.3 is 33.1 Å². The minimum atomic E-state index is -5.95. The Kier molecular flexibility index (Phi) is 12.5. The second-order valence-electron chi connectivity index (χ2n) is 15.6. The zero-order chi connectivity index (χ0) is 44.5. The fraction of sp³-hybridized carbons (Fsp3) is 0.304. The number of carbonyl (C=O) groups is 2. The number of nitrogens with zero attached hydrogens (tertiary/aromatic N) is 1. The molecule has 2 fully saturated rings. The molecule has 5 aromatic carbocycles. The number of β-lactam (4-membered cyclic amide) rings is 1. The van der Waals surface area contributed by atoms with Crippen molar-refractivity contribution in [1.82, 2.24) is 0 Å². The maximum absolute atomic E-state index is 14.2. The molecule has 11 nitrogen and oxygen atoms in total. The van der Waals surface area contributed by atoms with Gasteiger partial charge >= 0.3 is 21.6 Å². The summed E-state index contributed by atoms with van der Waals surface area (Å²) < 4.78 is 104. The molecule has 0 radical (unpaired) electrons. The minimum Gasteiger partial charge on any atom is -0.489 e. The zero-order valence-electron chi connectivity index (χ0n) is 33.8. The van der Waals surface area contributed by atoms with Crippen LogP contribution >= 0.6 is 0 Å². The third-order valence-electron chi connectivity index (χ3n) is 10.8. The molecule has 2 aliphatic heterocycles. The van der Waals surface area contributed by atoms with E-state index in [1.807, 2.05) is 60.7 Å². The third-order valence-corrected chi connectivity index (χ3v) is 11.7. The van der Waals surface area contributed by atoms with Gasteiger partial charge in [-0.1, -0.05) is 78.9 Å². The first-order valence-electron chi connectivity index (χ1n) is 19.6. The molecule has 0 aliphatic carbocycles. The molecule has 62 heavy (non-hydrogen) atoms. The lowest BCUT2D eigenvalue weighted by Gasteiger charge is -2.48. The van der Waals surface area contributed by atoms with Crippen molar-refractivity contribution < 1.29 is 63.8 Å². The zero-order valence-corrected chi connectivity index (χ0v) is 34.6. The molecule has 0 saturated carbocycles. The fourth-order valence-corrected chi connectivity index (χ4v) is 7.90. The molecule has 2 saturated heterocycles. The number of esters is 1. The average Bonchev–Trinajstić information content (AvgIpc) is 3.23. The third kappa shape index (κ3) is 9.78. The molecule has 2 aliphatic rings. The van der Waals surface area contributed by atoms with Crippen molar-refractivity contribution in [3.63, 3.8) is 0 Å². The van der Waals surface area contributed by atoms with Crippen LogP contribution in [0.15, 0.2) is 121 Å². The van der Waals surface area contributed by atoms with E-state index >= 15 is 0 Å². The number of carbonyl (C=O) groups excluding carboxylic acids is 2. The Labute approximate surface area is 355 Å². The van der Waals surface area contributed by atoms with Gasteiger partial charge in [0.05, 0.1) is 25.2 Å². The molecule has 3 atom stereocenters. The van der Waals surface area contributed by atoms with Crippen LogP contribution in [-0.2, 0) is 46.1 Å². The van der Waals surface area contributed by atoms with E-state index in [0.717, 1.165) is 28.8 Å². The number of ether oxygens (including phenoxy) is 4. The molecule has 2 unspecified atom stereocenters. The molecule has 5 aromatic rings. The Hall–Kier alpha value is -5.81. The monoisotopic (exact) mass is 877 g/mol. The fourth-order valence-electron chi connectivity index (χ4n) is 7.44. The summed E-state index contributed by atoms with van der Waals surface area (Å²) in [5.41, 5.74) is -2.73. The van der Waals surface area contributed by atoms with Crippen LogP contribution in [-0.4, -0.2) is 49.9 Å². The number of halogens is 4. The average molecular weight is 878 g/mol. The second-order valence-corrected chi connectivity index (χ2v) is 17.1. The molecular weight excluding hydrogens is 835 g/mol. The molecule has 0 spiro atoms. The lowest BCUT2D eigenvalue weighted by atomic mass is 9.77. The Balaban J connectivity index is 1.25. The van der Waals surface area contributed by atoms with E-state index in [0.29, 0.717) is 22.4 Å². The van der Waals surface area contributed by atoms with Crippen LogP contribution in [0, 0.1) is 11.7 Å². The van der Waals surface area contributed by atoms with E-state index in [1.54, 1.807) is 26.0 Å². The predicted octanol–water partition coefficient (Wildman–Crippen LogP) is 9.06. The molecular formula is C46H43F4NO10S. The summed E-state index contributed by atoms with van der Waals surface area (Å²) in [6, 6.07) is 31.5. The number of amides is 1. The maximum Gasteiger partial charge on any atom is 0.534 e. The molecule has 326 valence electrons. The van der Waals surface area contributed by atoms with Gasteiger partial charge in [-0.15, -0.1) is 0 Å². The highest BCUT2D eigenvalue weighted by Gasteiger charge is 2.51. The van der Waals surface area contributed by atoms with E-state index in [4.69, 9.17) is 18.9 Å². The summed E-state index contributed by atoms with van der Waals surface area (Å²) >= 11 is 0. The highest BCUT2D eigenvalue weighted by atomic mass is 32.2. The molecule has 16 heteroatoms. The predicted molar refractivity (Wildman–Crippen MR) is 218 cm³/mol. The second kappa shape index (κ2) is 17.5. The molecule has 0 aromatic heterocycles. The van der Waals surface area contributed by atoms with Crippen molar-refractivity contribution >= 4 is 27.7 Å². The van der Waals surface area contributed by atoms with Gasteiger partial charge in [-0.2, -0.15) is 21.6 Å². The van der Waals surface area contributed by atoms with Crippen LogP contribution in [0.1, 0.15) is 68.0 Å². The summed E-state index contributed by atoms with van der Waals surface area (Å²) in [6.07, 6.45) is -0.480. The van der Waals surface area contributed by atoms with E-state index < -0.39 is 62.6 Å². The summed E-state index contributed by atoms with van der Waals surface area (Å²) in [7, 11) is -5.95. The van der Waals surface area contributed by atoms with Gasteiger partial charge in [-0.05, 0) is 97.0 Å². The quantitative estimate of drug-likeness (QED) is 0.0378. The Morgan fingerprint density at radius 2 is 1.52 bits per heavy atom. The SMILES string of the molecule is CC(=O)O[C@@H](CCC1C(=O)N(c2ccc(OS(=O)(=O)C(F)(F)F)cc2)C1c1ccc(-c2ccc(C3(O)COC(C)(C)OC3)cc2)cc1OCc1ccccc1)c1ccc(F)cc1. The van der Waals surface area contributed by atoms with Crippen molar-refractivity contribution in [2.45, 2.75) is 69.3 Å². The molecule has 1 amide bonds. The van der Waals surface area contributed by atoms with Crippen LogP contribution in [0.5, 0.6) is 11.5 Å². The van der Waals surface area contributed by atoms with Crippen molar-refractivity contribution in [2.75, 3.05) is 18.1 Å². The molecule has 2 heterocycles. The lowest BCUT2D eigenvalue weighted by Crippen LogP contribution is -2.55. The Morgan fingerprint density at radius 1 is 0.887 bits per heavy atom. The van der Waals surface area contributed by atoms with Gasteiger partial charge in [0.25, 0.3) is 0 Å². The first kappa shape index (κ1) is 44.3. The van der Waals surface area contributed by atoms with Gasteiger partial charge in [0.15, 0.2) is 5.79 Å². The smallest absolute Gasteiger partial charge is 0.489 e. The first-order valence-corrected chi connectivity index (χ1v) is 21.0. The van der Waals surface area contributed by atoms with Gasteiger partial charge in [0.1, 0.15) is 35.6 Å². The topological polar surface area (TPSA) is 138 Å². The highest BCUT2D eigenvalue weighted by molar-refractivity contribution is 7.88. The number of alkyl halides is 3. The van der Waals surface area contributed by atoms with E-state index in [1.165, 1.54) is 48.2 Å². The molecule has 1 N–H and O–H groups in total. The van der Waals surface area contributed by atoms with Crippen LogP contribution in [0.2, 0.25) is 0 Å². The van der Waals surface area contributed by atoms with Crippen LogP contribution in [0.4, 0.5) is 23.2 Å². The summed E-state index contributed by atoms with van der Waals surface area (Å²) in [6.45, 7) is 5.01. The number of hydrogen-bond donors (Lipinski definition) is 1. The van der Waals surface area contributed by atoms with E-state index in [-0.39, 0.29) is 44.3 Å². The van der Waals surface area contributed by atoms with Crippen molar-refractivity contribution in [2.24, 2.45) is 5.92 Å². The largest absolute Gasteiger partial charge is 0.534 e. The highest BCUT2D eigenvalue weighted by Crippen LogP contribution is 2.50. The number of rotatable bonds is 14. The number of hydrogen-bond acceptors (Lipinski definition) is 10. The van der Waals surface area contributed by atoms with E-state index in [9.17, 15) is 40.7 Å². The standard InChI is InChI=1S/C46H43F4NO10S/c1-29(52)60-40(32-11-16-35(47)17-12-32)24-23-39-42(51(43(39)53)36-18-20-37(21-19-36)61-62(55,56)46(48,49)50)38-22-13-33(25-41(38)57-26-30-7-5-4-6-8-30)31-9-14-34(15-10-31)45(54)27-58-44(2,3)59-28-45/h4-22,25,39-40,42,54H,23-24,26-28H2,1-3H3/t39?,40-,42?/m0/s1. The minimum absolute atomic E-state index is 0.0389. The summed E-state index contributed by atoms with van der Waals surface area (Å²) in [4.78, 5) is 27.8. The number of anilines is 1. The lowest BCUT2D eigenvalue weighted by molar-refractivity contribution is -0.305. The van der Waals surface area contributed by atoms with Crippen molar-refractivity contribution in [3.8, 4) is 22.6 Å². The maximum atomic E-state index is 14.2. The number of aliphatic hydroxyl groups is 1. The normalized spacial score (nSPS) is 19.0. The summed E-state index contributed by atoms with van der Waals surface area (Å²) in [5.74, 6) is -3.21. The van der Waals surface area contributed by atoms with Gasteiger partial charge in [-0.25, -0.2) is 4.39 Å². The van der Waals surface area contributed by atoms with Crippen molar-refractivity contribution in [1.29, 1.82) is 0 Å². The Bertz CT molecular complexity index is 2490. The first-order chi connectivity index (χ1) is 29.3. The van der Waals surface area contributed by atoms with Gasteiger partial charge in [0.2, 0.25) is 5.91 Å². The Morgan fingerprint density at radius 3 is 2.13 bits per heavy atom. The van der Waals surface area contributed by atoms with Crippen LogP contribution in [0.25, 0.3) is 11.1 Å². The summed E-state index contributed by atoms with van der Waals surface area (Å²) in [5, 5.41) is 11.3. The molecule has 0 bridgehead atoms.